The van der Waals surface area contributed by atoms with Gasteiger partial charge in [0, 0.05) is 134 Å². The second-order valence-electron chi connectivity index (χ2n) is 35.8. The number of carbonyl (C=O) groups is 9. The summed E-state index contributed by atoms with van der Waals surface area (Å²) in [5.41, 5.74) is -0.698. The van der Waals surface area contributed by atoms with Crippen molar-refractivity contribution in [1.82, 2.24) is 20.9 Å². The molecule has 0 saturated carbocycles. The summed E-state index contributed by atoms with van der Waals surface area (Å²) < 4.78 is 67.7. The summed E-state index contributed by atoms with van der Waals surface area (Å²) >= 11 is 0. The Balaban J connectivity index is 1.25. The molecular weight excluding hydrogens is 1740 g/mol. The average molecular weight is 1900 g/mol. The highest BCUT2D eigenvalue weighted by atomic mass is 33.1. The summed E-state index contributed by atoms with van der Waals surface area (Å²) in [6, 6.07) is -0.00544. The maximum Gasteiger partial charge on any atom is 0.407 e. The fourth-order valence-electron chi connectivity index (χ4n) is 16.3. The predicted octanol–water partition coefficient (Wildman–Crippen LogP) is 8.17. The topological polar surface area (TPSA) is 504 Å². The number of nitrogens with one attached hydrogen (secondary N) is 3. The van der Waals surface area contributed by atoms with E-state index in [9.17, 15) is 89.1 Å². The van der Waals surface area contributed by atoms with Crippen molar-refractivity contribution in [3.8, 4) is 0 Å². The van der Waals surface area contributed by atoms with Crippen LogP contribution >= 0.6 is 21.6 Å². The second-order valence-corrected chi connectivity index (χ2v) is 38.8. The number of esters is 2. The number of methoxy groups -OCH3 is 2. The van der Waals surface area contributed by atoms with Gasteiger partial charge in [0.25, 0.3) is 0 Å². The van der Waals surface area contributed by atoms with E-state index in [0.29, 0.717) is 161 Å². The van der Waals surface area contributed by atoms with Crippen LogP contribution in [0, 0.1) is 23.2 Å². The first-order valence-corrected chi connectivity index (χ1v) is 50.3. The van der Waals surface area contributed by atoms with Crippen molar-refractivity contribution >= 4 is 74.7 Å². The fraction of sp³-hybridized carbons (Fsp3) is 0.902. The Morgan fingerprint density at radius 2 is 0.831 bits per heavy atom. The van der Waals surface area contributed by atoms with Crippen LogP contribution in [0.15, 0.2) is 0 Å². The van der Waals surface area contributed by atoms with Crippen LogP contribution in [0.5, 0.6) is 0 Å². The van der Waals surface area contributed by atoms with Gasteiger partial charge in [-0.25, -0.2) is 14.6 Å². The number of nitrogens with zero attached hydrogens (tertiary/aromatic N) is 1. The van der Waals surface area contributed by atoms with Gasteiger partial charge in [-0.3, -0.25) is 38.4 Å². The lowest BCUT2D eigenvalue weighted by molar-refractivity contribution is -0.283. The van der Waals surface area contributed by atoms with E-state index < -0.39 is 123 Å². The number of aliphatic hydroxyl groups is 9. The standard InChI is InChI=1S/C92H164N4O32S2/c1-65-81(108)84(111)73(60-97)126-87(65)120-48-25-33-69(100)31-17-11-8-16-24-47-95-90(114)123-53-30-43-92(41-28-51-118-79(106)37-18-12-9-14-22-45-93-76(103)34-26-49-121-88-66(2)82(109)85(112)74(61-98)127-88,42-29-52-119-80(107)38-19-13-10-15-23-46-94-77(104)35-27-50-122-89-67(3)83(110)86(113)75(62-99)128-89)58-71(102)40-54-117-55-56-124-125-64-129-130-91(4,5)44-39-70(101)32-20-21-36-78(105)96-59-72(116-7)57-68(96)63-115-6/h65-68,72-75,81-89,97-99,108-113H,8-64H2,1-7H3,(H,93,103)(H,94,104)(H,95,114)/t65?,66?,67?,68-,72+,73?,74?,75?,81?,82?,83?,84?,85?,86?,87?,88?,89?,92?/m1/s1. The summed E-state index contributed by atoms with van der Waals surface area (Å²) in [6.45, 7) is 11.3. The number of alkyl carbamates (subject to hydrolysis) is 1. The van der Waals surface area contributed by atoms with Crippen LogP contribution < -0.4 is 16.0 Å². The Labute approximate surface area is 778 Å². The molecule has 4 heterocycles. The predicted molar refractivity (Wildman–Crippen MR) is 484 cm³/mol. The molecule has 4 amide bonds. The minimum atomic E-state index is -1.23. The van der Waals surface area contributed by atoms with Crippen LogP contribution in [0.2, 0.25) is 0 Å². The van der Waals surface area contributed by atoms with E-state index in [4.69, 9.17) is 66.6 Å². The van der Waals surface area contributed by atoms with Crippen LogP contribution in [0.3, 0.4) is 0 Å². The fourth-order valence-corrected chi connectivity index (χ4v) is 18.4. The van der Waals surface area contributed by atoms with Crippen LogP contribution in [0.1, 0.15) is 285 Å². The molecule has 4 aliphatic rings. The molecule has 38 heteroatoms. The van der Waals surface area contributed by atoms with Gasteiger partial charge >= 0.3 is 18.0 Å². The molecule has 0 bridgehead atoms. The molecule has 0 aliphatic carbocycles. The van der Waals surface area contributed by atoms with E-state index in [1.807, 2.05) is 4.90 Å². The number of aliphatic hydroxyl groups excluding tert-OH is 9. The van der Waals surface area contributed by atoms with Crippen LogP contribution in [-0.2, 0) is 105 Å². The molecule has 0 aromatic carbocycles. The zero-order valence-corrected chi connectivity index (χ0v) is 80.4. The molecule has 756 valence electrons. The summed E-state index contributed by atoms with van der Waals surface area (Å²) in [5, 5.41) is 98.4. The molecule has 4 fully saturated rings. The Hall–Kier alpha value is -4.47. The molecule has 0 aromatic rings. The zero-order chi connectivity index (χ0) is 95.3. The van der Waals surface area contributed by atoms with Gasteiger partial charge in [-0.2, -0.15) is 0 Å². The highest BCUT2D eigenvalue weighted by molar-refractivity contribution is 8.77. The lowest BCUT2D eigenvalue weighted by Gasteiger charge is -2.40. The quantitative estimate of drug-likeness (QED) is 0.00519. The largest absolute Gasteiger partial charge is 0.466 e. The Kier molecular flexibility index (Phi) is 63.6. The lowest BCUT2D eigenvalue weighted by Crippen LogP contribution is -2.55. The second kappa shape index (κ2) is 70.2. The maximum absolute atomic E-state index is 14.2. The Morgan fingerprint density at radius 1 is 0.415 bits per heavy atom. The van der Waals surface area contributed by atoms with E-state index in [1.165, 1.54) is 10.8 Å². The lowest BCUT2D eigenvalue weighted by atomic mass is 9.71. The molecule has 0 spiro atoms. The number of ketones is 3. The van der Waals surface area contributed by atoms with Crippen molar-refractivity contribution in [3.63, 3.8) is 0 Å². The first-order valence-electron chi connectivity index (χ1n) is 48.0. The molecule has 130 heavy (non-hydrogen) atoms. The summed E-state index contributed by atoms with van der Waals surface area (Å²) in [7, 11) is 6.33. The molecule has 0 radical (unpaired) electrons. The number of amides is 4. The number of hydrogen-bond donors (Lipinski definition) is 12. The van der Waals surface area contributed by atoms with Crippen molar-refractivity contribution < 1.29 is 156 Å². The van der Waals surface area contributed by atoms with E-state index in [0.717, 1.165) is 83.5 Å². The van der Waals surface area contributed by atoms with Crippen LogP contribution in [0.4, 0.5) is 4.79 Å². The SMILES string of the molecule is COC[C@H]1C[C@H](OC)CN1C(=O)CCCCC(=O)CCC(C)(C)SSCOOCCOCCC(=O)CC(CCCOC(=O)CCCCCCCNC(=O)CCCOC1OC(CO)C(O)C(O)C1C)(CCCOC(=O)CCCCCCCNC(=O)CCCOC1OC(CO)C(O)C(O)C1C)CCCOC(=O)NCCCCCCCC(=O)CCCOC1OC(CO)C(O)C(O)C1C. The number of Topliss-reactive ketones (excluding diaryl/α,β-unsaturated/α-hetero) is 3. The molecule has 15 unspecified atom stereocenters. The Morgan fingerprint density at radius 3 is 1.30 bits per heavy atom. The molecular formula is C92H164N4O32S2. The first kappa shape index (κ1) is 118. The van der Waals surface area contributed by atoms with Crippen molar-refractivity contribution in [2.75, 3.05) is 132 Å². The smallest absolute Gasteiger partial charge is 0.407 e. The third-order valence-corrected chi connectivity index (χ3v) is 27.4. The molecule has 36 nitrogen and oxygen atoms in total. The molecule has 4 saturated heterocycles. The minimum absolute atomic E-state index is 0.00429. The van der Waals surface area contributed by atoms with Crippen molar-refractivity contribution in [1.29, 1.82) is 0 Å². The maximum atomic E-state index is 14.2. The number of unbranched alkanes of at least 4 members (excludes halogenated alkanes) is 13. The third kappa shape index (κ3) is 50.0. The van der Waals surface area contributed by atoms with Gasteiger partial charge in [-0.1, -0.05) is 100 Å². The normalized spacial score (nSPS) is 24.6. The summed E-state index contributed by atoms with van der Waals surface area (Å²) in [6.07, 6.45) is 8.04. The number of ether oxygens (including phenoxy) is 12. The Bertz CT molecular complexity index is 2860. The highest BCUT2D eigenvalue weighted by Gasteiger charge is 2.46. The molecule has 12 N–H and O–H groups in total. The monoisotopic (exact) mass is 1900 g/mol. The molecule has 4 aliphatic heterocycles. The molecule has 17 atom stereocenters. The van der Waals surface area contributed by atoms with E-state index >= 15 is 0 Å². The first-order chi connectivity index (χ1) is 62.5. The number of likely N-dealkylation sites (tertiary alicyclic amines) is 1. The van der Waals surface area contributed by atoms with Gasteiger partial charge in [0.2, 0.25) is 17.7 Å². The summed E-state index contributed by atoms with van der Waals surface area (Å²) in [4.78, 5) is 130. The van der Waals surface area contributed by atoms with Gasteiger partial charge in [-0.05, 0) is 141 Å². The third-order valence-electron chi connectivity index (χ3n) is 24.4. The van der Waals surface area contributed by atoms with E-state index in [1.54, 1.807) is 45.8 Å². The van der Waals surface area contributed by atoms with Crippen molar-refractivity contribution in [2.24, 2.45) is 23.2 Å². The number of hydrogen-bond acceptors (Lipinski definition) is 34. The van der Waals surface area contributed by atoms with Gasteiger partial charge in [0.1, 0.15) is 66.5 Å². The van der Waals surface area contributed by atoms with Gasteiger partial charge in [-0.15, -0.1) is 0 Å². The van der Waals surface area contributed by atoms with Gasteiger partial charge in [0.15, 0.2) is 18.9 Å². The molecule has 0 aromatic heterocycles. The minimum Gasteiger partial charge on any atom is -0.466 e. The zero-order valence-electron chi connectivity index (χ0n) is 78.8. The van der Waals surface area contributed by atoms with Crippen LogP contribution in [-0.4, -0.2) is 327 Å². The van der Waals surface area contributed by atoms with Crippen LogP contribution in [0.25, 0.3) is 0 Å². The number of carbonyl (C=O) groups excluding carboxylic acids is 9. The number of rotatable bonds is 78. The van der Waals surface area contributed by atoms with Crippen molar-refractivity contribution in [3.05, 3.63) is 0 Å². The van der Waals surface area contributed by atoms with E-state index in [2.05, 4.69) is 29.8 Å². The highest BCUT2D eigenvalue weighted by Crippen LogP contribution is 2.41. The van der Waals surface area contributed by atoms with E-state index in [-0.39, 0.29) is 168 Å². The van der Waals surface area contributed by atoms with Gasteiger partial charge < -0.3 is 124 Å². The van der Waals surface area contributed by atoms with Crippen molar-refractivity contribution in [2.45, 2.75) is 376 Å². The summed E-state index contributed by atoms with van der Waals surface area (Å²) in [5.74, 6) is -2.09. The average Bonchev–Trinajstić information content (AvgIpc) is 0.931. The van der Waals surface area contributed by atoms with Gasteiger partial charge in [0.05, 0.1) is 110 Å². The molecule has 4 rings (SSSR count).